The van der Waals surface area contributed by atoms with Gasteiger partial charge >= 0.3 is 6.18 Å². The van der Waals surface area contributed by atoms with Crippen LogP contribution >= 0.6 is 0 Å². The van der Waals surface area contributed by atoms with Gasteiger partial charge in [0.05, 0.1) is 11.9 Å². The van der Waals surface area contributed by atoms with Crippen molar-refractivity contribution < 1.29 is 13.2 Å². The van der Waals surface area contributed by atoms with Crippen molar-refractivity contribution in [3.05, 3.63) is 47.3 Å². The second-order valence-corrected chi connectivity index (χ2v) is 4.67. The fourth-order valence-electron chi connectivity index (χ4n) is 1.90. The van der Waals surface area contributed by atoms with Gasteiger partial charge in [-0.3, -0.25) is 0 Å². The molecule has 0 aliphatic carbocycles. The second kappa shape index (κ2) is 5.00. The Labute approximate surface area is 114 Å². The number of aromatic nitrogens is 2. The molecule has 0 aliphatic rings. The molecular formula is C14H12F3N3. The minimum absolute atomic E-state index is 0.281. The van der Waals surface area contributed by atoms with E-state index in [1.807, 2.05) is 13.8 Å². The summed E-state index contributed by atoms with van der Waals surface area (Å²) in [6.45, 7) is 4.00. The van der Waals surface area contributed by atoms with Crippen molar-refractivity contribution in [1.82, 2.24) is 9.78 Å². The summed E-state index contributed by atoms with van der Waals surface area (Å²) in [5, 5.41) is 12.4. The van der Waals surface area contributed by atoms with Crippen LogP contribution in [-0.2, 0) is 6.18 Å². The van der Waals surface area contributed by atoms with Gasteiger partial charge in [0.2, 0.25) is 0 Å². The Morgan fingerprint density at radius 2 is 1.80 bits per heavy atom. The van der Waals surface area contributed by atoms with Gasteiger partial charge in [-0.15, -0.1) is 0 Å². The Kier molecular flexibility index (Phi) is 3.53. The number of benzene rings is 1. The van der Waals surface area contributed by atoms with Gasteiger partial charge in [-0.1, -0.05) is 26.0 Å². The van der Waals surface area contributed by atoms with Crippen molar-refractivity contribution in [1.29, 1.82) is 5.26 Å². The molecule has 0 amide bonds. The van der Waals surface area contributed by atoms with Crippen LogP contribution in [0.4, 0.5) is 13.2 Å². The normalized spacial score (nSPS) is 11.7. The highest BCUT2D eigenvalue weighted by Crippen LogP contribution is 2.33. The molecule has 0 N–H and O–H groups in total. The molecule has 0 fully saturated rings. The van der Waals surface area contributed by atoms with Crippen molar-refractivity contribution in [3.63, 3.8) is 0 Å². The van der Waals surface area contributed by atoms with E-state index in [0.29, 0.717) is 5.92 Å². The molecule has 0 unspecified atom stereocenters. The van der Waals surface area contributed by atoms with E-state index in [1.165, 1.54) is 6.07 Å². The highest BCUT2D eigenvalue weighted by molar-refractivity contribution is 5.42. The Balaban J connectivity index is 2.54. The summed E-state index contributed by atoms with van der Waals surface area (Å²) < 4.78 is 39.8. The predicted molar refractivity (Wildman–Crippen MR) is 67.4 cm³/mol. The Morgan fingerprint density at radius 1 is 1.20 bits per heavy atom. The highest BCUT2D eigenvalue weighted by atomic mass is 19.4. The van der Waals surface area contributed by atoms with Crippen LogP contribution < -0.4 is 0 Å². The lowest BCUT2D eigenvalue weighted by molar-refractivity contribution is -0.143. The molecule has 0 saturated carbocycles. The number of alkyl halides is 3. The maximum Gasteiger partial charge on any atom is 0.434 e. The van der Waals surface area contributed by atoms with E-state index in [-0.39, 0.29) is 5.69 Å². The number of hydrogen-bond donors (Lipinski definition) is 0. The van der Waals surface area contributed by atoms with E-state index < -0.39 is 17.4 Å². The Morgan fingerprint density at radius 3 is 2.25 bits per heavy atom. The van der Waals surface area contributed by atoms with E-state index in [9.17, 15) is 13.2 Å². The third-order valence-corrected chi connectivity index (χ3v) is 2.96. The topological polar surface area (TPSA) is 41.6 Å². The number of rotatable bonds is 2. The van der Waals surface area contributed by atoms with Crippen LogP contribution in [0.25, 0.3) is 5.69 Å². The molecule has 0 bridgehead atoms. The van der Waals surface area contributed by atoms with Gasteiger partial charge < -0.3 is 0 Å². The largest absolute Gasteiger partial charge is 0.434 e. The van der Waals surface area contributed by atoms with Crippen LogP contribution in [0.2, 0.25) is 0 Å². The lowest BCUT2D eigenvalue weighted by Crippen LogP contribution is -2.14. The summed E-state index contributed by atoms with van der Waals surface area (Å²) in [5.74, 6) is 0.290. The van der Waals surface area contributed by atoms with Crippen LogP contribution in [0.3, 0.4) is 0 Å². The van der Waals surface area contributed by atoms with Crippen molar-refractivity contribution in [2.45, 2.75) is 25.9 Å². The molecule has 1 heterocycles. The van der Waals surface area contributed by atoms with E-state index in [1.54, 1.807) is 24.3 Å². The number of nitrogens with zero attached hydrogens (tertiary/aromatic N) is 3. The summed E-state index contributed by atoms with van der Waals surface area (Å²) in [4.78, 5) is 0. The fraction of sp³-hybridized carbons (Fsp3) is 0.286. The zero-order valence-electron chi connectivity index (χ0n) is 10.9. The smallest absolute Gasteiger partial charge is 0.227 e. The average Bonchev–Trinajstić information content (AvgIpc) is 2.82. The zero-order valence-corrected chi connectivity index (χ0v) is 10.9. The van der Waals surface area contributed by atoms with Crippen molar-refractivity contribution in [3.8, 4) is 11.8 Å². The van der Waals surface area contributed by atoms with E-state index >= 15 is 0 Å². The average molecular weight is 279 g/mol. The molecular weight excluding hydrogens is 267 g/mol. The third kappa shape index (κ3) is 2.52. The minimum atomic E-state index is -4.63. The van der Waals surface area contributed by atoms with Crippen molar-refractivity contribution in [2.24, 2.45) is 0 Å². The third-order valence-electron chi connectivity index (χ3n) is 2.96. The summed E-state index contributed by atoms with van der Waals surface area (Å²) in [7, 11) is 0. The first kappa shape index (κ1) is 14.1. The lowest BCUT2D eigenvalue weighted by Gasteiger charge is -2.12. The molecule has 1 aromatic carbocycles. The van der Waals surface area contributed by atoms with Gasteiger partial charge in [0, 0.05) is 0 Å². The van der Waals surface area contributed by atoms with Crippen LogP contribution in [0, 0.1) is 11.3 Å². The van der Waals surface area contributed by atoms with E-state index in [4.69, 9.17) is 5.26 Å². The number of halogens is 3. The SMILES string of the molecule is CC(C)c1ccc(-n2ncc(C#N)c2C(F)(F)F)cc1. The van der Waals surface area contributed by atoms with Crippen LogP contribution in [0.1, 0.15) is 36.6 Å². The van der Waals surface area contributed by atoms with Crippen LogP contribution in [0.5, 0.6) is 0 Å². The molecule has 0 spiro atoms. The molecule has 3 nitrogen and oxygen atoms in total. The van der Waals surface area contributed by atoms with E-state index in [0.717, 1.165) is 16.4 Å². The highest BCUT2D eigenvalue weighted by Gasteiger charge is 2.38. The Hall–Kier alpha value is -2.29. The van der Waals surface area contributed by atoms with Crippen LogP contribution in [0.15, 0.2) is 30.5 Å². The quantitative estimate of drug-likeness (QED) is 0.837. The minimum Gasteiger partial charge on any atom is -0.227 e. The standard InChI is InChI=1S/C14H12F3N3/c1-9(2)10-3-5-12(6-4-10)20-13(14(15,16)17)11(7-18)8-19-20/h3-6,8-9H,1-2H3. The maximum absolute atomic E-state index is 13.0. The number of nitriles is 1. The van der Waals surface area contributed by atoms with Gasteiger partial charge in [-0.2, -0.15) is 23.5 Å². The first-order valence-electron chi connectivity index (χ1n) is 6.00. The second-order valence-electron chi connectivity index (χ2n) is 4.67. The van der Waals surface area contributed by atoms with Crippen molar-refractivity contribution in [2.75, 3.05) is 0 Å². The molecule has 0 aliphatic heterocycles. The lowest BCUT2D eigenvalue weighted by atomic mass is 10.0. The molecule has 0 saturated heterocycles. The van der Waals surface area contributed by atoms with Gasteiger partial charge in [-0.05, 0) is 23.6 Å². The molecule has 0 radical (unpaired) electrons. The first-order valence-corrected chi connectivity index (χ1v) is 6.00. The summed E-state index contributed by atoms with van der Waals surface area (Å²) >= 11 is 0. The molecule has 20 heavy (non-hydrogen) atoms. The number of hydrogen-bond acceptors (Lipinski definition) is 2. The first-order chi connectivity index (χ1) is 9.34. The molecule has 0 atom stereocenters. The van der Waals surface area contributed by atoms with E-state index in [2.05, 4.69) is 5.10 Å². The van der Waals surface area contributed by atoms with Gasteiger partial charge in [0.25, 0.3) is 0 Å². The van der Waals surface area contributed by atoms with Gasteiger partial charge in [0.15, 0.2) is 5.69 Å². The predicted octanol–water partition coefficient (Wildman–Crippen LogP) is 3.89. The molecule has 104 valence electrons. The van der Waals surface area contributed by atoms with Crippen LogP contribution in [-0.4, -0.2) is 9.78 Å². The Bertz CT molecular complexity index is 646. The maximum atomic E-state index is 13.0. The fourth-order valence-corrected chi connectivity index (χ4v) is 1.90. The monoisotopic (exact) mass is 279 g/mol. The molecule has 2 aromatic rings. The summed E-state index contributed by atoms with van der Waals surface area (Å²) in [6.07, 6.45) is -3.70. The van der Waals surface area contributed by atoms with Crippen molar-refractivity contribution >= 4 is 0 Å². The molecule has 2 rings (SSSR count). The van der Waals surface area contributed by atoms with Gasteiger partial charge in [-0.25, -0.2) is 4.68 Å². The summed E-state index contributed by atoms with van der Waals surface area (Å²) in [6, 6.07) is 8.17. The molecule has 6 heteroatoms. The zero-order chi connectivity index (χ0) is 14.9. The summed E-state index contributed by atoms with van der Waals surface area (Å²) in [5.41, 5.74) is -0.221. The van der Waals surface area contributed by atoms with Gasteiger partial charge in [0.1, 0.15) is 11.6 Å². The molecule has 1 aromatic heterocycles.